The molecule has 0 unspecified atom stereocenters. The Hall–Kier alpha value is -3.82. The molecule has 0 radical (unpaired) electrons. The van der Waals surface area contributed by atoms with Crippen LogP contribution in [0.1, 0.15) is 26.3 Å². The molecule has 32 heavy (non-hydrogen) atoms. The minimum atomic E-state index is -0.647. The number of carbonyl (C=O) groups excluding carboxylic acids is 2. The lowest BCUT2D eigenvalue weighted by atomic mass is 10.2. The maximum absolute atomic E-state index is 12.5. The molecule has 0 spiro atoms. The zero-order valence-corrected chi connectivity index (χ0v) is 18.1. The summed E-state index contributed by atoms with van der Waals surface area (Å²) in [5, 5.41) is 13.8. The zero-order valence-electron chi connectivity index (χ0n) is 18.1. The molecule has 0 aromatic heterocycles. The summed E-state index contributed by atoms with van der Waals surface area (Å²) in [6.07, 6.45) is -1.87. The molecule has 0 aliphatic carbocycles. The summed E-state index contributed by atoms with van der Waals surface area (Å²) in [7, 11) is 0. The molecule has 0 bridgehead atoms. The molecule has 10 nitrogen and oxygen atoms in total. The van der Waals surface area contributed by atoms with Gasteiger partial charge in [0.1, 0.15) is 18.3 Å². The van der Waals surface area contributed by atoms with Gasteiger partial charge in [-0.3, -0.25) is 15.0 Å². The number of benzene rings is 2. The second kappa shape index (κ2) is 9.54. The Balaban J connectivity index is 1.72. The van der Waals surface area contributed by atoms with Crippen molar-refractivity contribution in [3.05, 3.63) is 64.2 Å². The fourth-order valence-corrected chi connectivity index (χ4v) is 3.03. The van der Waals surface area contributed by atoms with Crippen molar-refractivity contribution in [2.75, 3.05) is 18.0 Å². The van der Waals surface area contributed by atoms with Gasteiger partial charge in [0, 0.05) is 6.07 Å². The Bertz CT molecular complexity index is 989. The highest BCUT2D eigenvalue weighted by Crippen LogP contribution is 2.35. The van der Waals surface area contributed by atoms with Crippen LogP contribution in [0.15, 0.2) is 48.5 Å². The number of hydrogen-bond acceptors (Lipinski definition) is 7. The van der Waals surface area contributed by atoms with Crippen molar-refractivity contribution in [1.29, 1.82) is 0 Å². The Morgan fingerprint density at radius 2 is 1.97 bits per heavy atom. The van der Waals surface area contributed by atoms with Crippen LogP contribution in [0.25, 0.3) is 0 Å². The van der Waals surface area contributed by atoms with Gasteiger partial charge in [-0.05, 0) is 32.4 Å². The number of nitrogens with one attached hydrogen (secondary N) is 1. The van der Waals surface area contributed by atoms with Crippen LogP contribution in [0.3, 0.4) is 0 Å². The topological polar surface area (TPSA) is 120 Å². The Morgan fingerprint density at radius 3 is 2.62 bits per heavy atom. The summed E-state index contributed by atoms with van der Waals surface area (Å²) in [5.41, 5.74) is 0.406. The van der Waals surface area contributed by atoms with E-state index in [0.29, 0.717) is 5.69 Å². The van der Waals surface area contributed by atoms with Gasteiger partial charge in [-0.2, -0.15) is 0 Å². The van der Waals surface area contributed by atoms with E-state index >= 15 is 0 Å². The number of alkyl carbamates (subject to hydrolysis) is 1. The molecule has 1 heterocycles. The highest BCUT2D eigenvalue weighted by Gasteiger charge is 2.35. The second-order valence-electron chi connectivity index (χ2n) is 8.18. The third kappa shape index (κ3) is 6.10. The third-order valence-electron chi connectivity index (χ3n) is 4.43. The minimum absolute atomic E-state index is 0.0599. The van der Waals surface area contributed by atoms with E-state index in [0.717, 1.165) is 5.56 Å². The van der Waals surface area contributed by atoms with Crippen molar-refractivity contribution >= 4 is 23.6 Å². The number of cyclic esters (lactones) is 1. The summed E-state index contributed by atoms with van der Waals surface area (Å²) < 4.78 is 16.3. The first-order chi connectivity index (χ1) is 15.1. The SMILES string of the molecule is CC(C)(C)OC(=O)NC[C@H]1CN(c2ccc([N+](=O)[O-])cc2OCc2ccccc2)C(=O)O1. The Labute approximate surface area is 185 Å². The van der Waals surface area contributed by atoms with E-state index in [1.54, 1.807) is 20.8 Å². The standard InChI is InChI=1S/C22H25N3O7/c1-22(2,3)32-20(26)23-12-17-13-24(21(27)31-17)18-10-9-16(25(28)29)11-19(18)30-14-15-7-5-4-6-8-15/h4-11,17H,12-14H2,1-3H3,(H,23,26)/t17-/m0/s1. The first-order valence-corrected chi connectivity index (χ1v) is 10.0. The van der Waals surface area contributed by atoms with E-state index in [2.05, 4.69) is 5.32 Å². The second-order valence-corrected chi connectivity index (χ2v) is 8.18. The van der Waals surface area contributed by atoms with Crippen LogP contribution in [0.5, 0.6) is 5.75 Å². The van der Waals surface area contributed by atoms with Crippen LogP contribution in [-0.2, 0) is 16.1 Å². The van der Waals surface area contributed by atoms with Gasteiger partial charge in [0.15, 0.2) is 5.75 Å². The predicted octanol–water partition coefficient (Wildman–Crippen LogP) is 4.02. The number of anilines is 1. The molecule has 170 valence electrons. The van der Waals surface area contributed by atoms with Crippen molar-refractivity contribution < 1.29 is 28.7 Å². The average molecular weight is 443 g/mol. The fraction of sp³-hybridized carbons (Fsp3) is 0.364. The fourth-order valence-electron chi connectivity index (χ4n) is 3.03. The number of nitrogens with zero attached hydrogens (tertiary/aromatic N) is 2. The Morgan fingerprint density at radius 1 is 1.25 bits per heavy atom. The summed E-state index contributed by atoms with van der Waals surface area (Å²) in [6.45, 7) is 5.60. The summed E-state index contributed by atoms with van der Waals surface area (Å²) in [5.74, 6) is 0.181. The lowest BCUT2D eigenvalue weighted by Crippen LogP contribution is -2.38. The van der Waals surface area contributed by atoms with Gasteiger partial charge in [0.05, 0.1) is 29.8 Å². The van der Waals surface area contributed by atoms with Crippen molar-refractivity contribution in [3.63, 3.8) is 0 Å². The minimum Gasteiger partial charge on any atom is -0.486 e. The van der Waals surface area contributed by atoms with Gasteiger partial charge in [0.25, 0.3) is 5.69 Å². The summed E-state index contributed by atoms with van der Waals surface area (Å²) in [4.78, 5) is 36.3. The molecule has 1 fully saturated rings. The van der Waals surface area contributed by atoms with Crippen LogP contribution < -0.4 is 15.0 Å². The van der Waals surface area contributed by atoms with Crippen LogP contribution in [0, 0.1) is 10.1 Å². The number of nitro benzene ring substituents is 1. The lowest BCUT2D eigenvalue weighted by Gasteiger charge is -2.20. The quantitative estimate of drug-likeness (QED) is 0.507. The van der Waals surface area contributed by atoms with Crippen molar-refractivity contribution in [3.8, 4) is 5.75 Å². The monoisotopic (exact) mass is 443 g/mol. The smallest absolute Gasteiger partial charge is 0.414 e. The first-order valence-electron chi connectivity index (χ1n) is 10.0. The number of hydrogen-bond donors (Lipinski definition) is 1. The number of ether oxygens (including phenoxy) is 3. The highest BCUT2D eigenvalue weighted by atomic mass is 16.6. The molecule has 3 rings (SSSR count). The lowest BCUT2D eigenvalue weighted by molar-refractivity contribution is -0.384. The zero-order chi connectivity index (χ0) is 23.3. The van der Waals surface area contributed by atoms with Crippen LogP contribution in [-0.4, -0.2) is 41.9 Å². The average Bonchev–Trinajstić information content (AvgIpc) is 3.10. The van der Waals surface area contributed by atoms with Crippen LogP contribution >= 0.6 is 0 Å². The molecule has 1 saturated heterocycles. The Kier molecular flexibility index (Phi) is 6.82. The molecule has 1 N–H and O–H groups in total. The van der Waals surface area contributed by atoms with Gasteiger partial charge < -0.3 is 19.5 Å². The van der Waals surface area contributed by atoms with Crippen molar-refractivity contribution in [2.45, 2.75) is 39.1 Å². The highest BCUT2D eigenvalue weighted by molar-refractivity contribution is 5.92. The van der Waals surface area contributed by atoms with Crippen molar-refractivity contribution in [2.24, 2.45) is 0 Å². The van der Waals surface area contributed by atoms with Gasteiger partial charge in [-0.25, -0.2) is 9.59 Å². The molecule has 1 aliphatic heterocycles. The molecular formula is C22H25N3O7. The van der Waals surface area contributed by atoms with Gasteiger partial charge in [-0.1, -0.05) is 30.3 Å². The third-order valence-corrected chi connectivity index (χ3v) is 4.43. The molecule has 1 aliphatic rings. The van der Waals surface area contributed by atoms with Gasteiger partial charge >= 0.3 is 12.2 Å². The summed E-state index contributed by atoms with van der Waals surface area (Å²) in [6, 6.07) is 13.3. The number of amides is 2. The molecule has 2 aromatic rings. The van der Waals surface area contributed by atoms with E-state index < -0.39 is 28.8 Å². The molecular weight excluding hydrogens is 418 g/mol. The maximum atomic E-state index is 12.5. The number of non-ortho nitro benzene ring substituents is 1. The predicted molar refractivity (Wildman–Crippen MR) is 116 cm³/mol. The van der Waals surface area contributed by atoms with E-state index in [-0.39, 0.29) is 31.1 Å². The number of carbonyl (C=O) groups is 2. The van der Waals surface area contributed by atoms with Gasteiger partial charge in [0.2, 0.25) is 0 Å². The molecule has 1 atom stereocenters. The van der Waals surface area contributed by atoms with E-state index in [1.165, 1.54) is 23.1 Å². The van der Waals surface area contributed by atoms with Crippen molar-refractivity contribution in [1.82, 2.24) is 5.32 Å². The number of nitro groups is 1. The normalized spacial score (nSPS) is 15.8. The van der Waals surface area contributed by atoms with E-state index in [9.17, 15) is 19.7 Å². The maximum Gasteiger partial charge on any atom is 0.414 e. The van der Waals surface area contributed by atoms with E-state index in [1.807, 2.05) is 30.3 Å². The summed E-state index contributed by atoms with van der Waals surface area (Å²) >= 11 is 0. The largest absolute Gasteiger partial charge is 0.486 e. The van der Waals surface area contributed by atoms with E-state index in [4.69, 9.17) is 14.2 Å². The molecule has 10 heteroatoms. The first kappa shape index (κ1) is 22.9. The van der Waals surface area contributed by atoms with Crippen LogP contribution in [0.2, 0.25) is 0 Å². The number of rotatable bonds is 7. The van der Waals surface area contributed by atoms with Crippen LogP contribution in [0.4, 0.5) is 21.0 Å². The molecule has 2 amide bonds. The van der Waals surface area contributed by atoms with Gasteiger partial charge in [-0.15, -0.1) is 0 Å². The molecule has 2 aromatic carbocycles. The molecule has 0 saturated carbocycles.